The number of nitrogens with one attached hydrogen (secondary N) is 1. The highest BCUT2D eigenvalue weighted by atomic mass is 19.4. The number of anilines is 1. The molecule has 0 aliphatic rings. The van der Waals surface area contributed by atoms with Crippen molar-refractivity contribution in [1.29, 1.82) is 0 Å². The van der Waals surface area contributed by atoms with E-state index in [4.69, 9.17) is 20.4 Å². The van der Waals surface area contributed by atoms with Gasteiger partial charge in [0.05, 0.1) is 25.6 Å². The number of ether oxygens (including phenoxy) is 2. The van der Waals surface area contributed by atoms with Crippen molar-refractivity contribution in [3.63, 3.8) is 0 Å². The molecule has 0 heterocycles. The van der Waals surface area contributed by atoms with Crippen molar-refractivity contribution in [3.8, 4) is 5.75 Å². The Hall–Kier alpha value is -4.58. The van der Waals surface area contributed by atoms with Crippen LogP contribution in [0, 0.1) is 0 Å². The quantitative estimate of drug-likeness (QED) is 0.0893. The smallest absolute Gasteiger partial charge is 0.416 e. The summed E-state index contributed by atoms with van der Waals surface area (Å²) in [6, 6.07) is 17.3. The maximum Gasteiger partial charge on any atom is 0.416 e. The minimum Gasteiger partial charge on any atom is -0.497 e. The molecule has 0 aliphatic carbocycles. The minimum absolute atomic E-state index is 0.00114. The lowest BCUT2D eigenvalue weighted by Crippen LogP contribution is -2.34. The average Bonchev–Trinajstić information content (AvgIpc) is 2.92. The van der Waals surface area contributed by atoms with E-state index in [1.807, 2.05) is 4.90 Å². The zero-order valence-electron chi connectivity index (χ0n) is 24.4. The Bertz CT molecular complexity index is 1430. The first-order chi connectivity index (χ1) is 20.2. The fraction of sp³-hybridized carbons (Fsp3) is 0.323. The summed E-state index contributed by atoms with van der Waals surface area (Å²) in [6.45, 7) is 6.10. The lowest BCUT2D eigenvalue weighted by molar-refractivity contribution is -0.156. The van der Waals surface area contributed by atoms with E-state index in [0.29, 0.717) is 24.3 Å². The van der Waals surface area contributed by atoms with Gasteiger partial charge in [0.1, 0.15) is 11.4 Å². The van der Waals surface area contributed by atoms with Gasteiger partial charge < -0.3 is 25.7 Å². The average molecular weight is 601 g/mol. The number of benzene rings is 3. The number of oxime groups is 1. The number of hydrogen-bond acceptors (Lipinski definition) is 7. The lowest BCUT2D eigenvalue weighted by atomic mass is 10.0. The van der Waals surface area contributed by atoms with Crippen LogP contribution in [0.15, 0.2) is 71.9 Å². The summed E-state index contributed by atoms with van der Waals surface area (Å²) < 4.78 is 50.9. The van der Waals surface area contributed by atoms with E-state index in [2.05, 4.69) is 10.5 Å². The van der Waals surface area contributed by atoms with Crippen molar-refractivity contribution in [2.75, 3.05) is 19.0 Å². The van der Waals surface area contributed by atoms with Gasteiger partial charge in [-0.05, 0) is 61.7 Å². The van der Waals surface area contributed by atoms with E-state index in [-0.39, 0.29) is 23.7 Å². The molecule has 0 saturated heterocycles. The van der Waals surface area contributed by atoms with Crippen LogP contribution in [0.4, 0.5) is 18.9 Å². The van der Waals surface area contributed by atoms with E-state index >= 15 is 0 Å². The monoisotopic (exact) mass is 600 g/mol. The molecule has 0 fully saturated rings. The number of nitrogens with two attached hydrogens (primary N) is 1. The molecule has 4 N–H and O–H groups in total. The predicted molar refractivity (Wildman–Crippen MR) is 156 cm³/mol. The zero-order chi connectivity index (χ0) is 31.8. The summed E-state index contributed by atoms with van der Waals surface area (Å²) in [4.78, 5) is 27.1. The van der Waals surface area contributed by atoms with Gasteiger partial charge >= 0.3 is 12.1 Å². The van der Waals surface area contributed by atoms with Gasteiger partial charge in [-0.2, -0.15) is 13.2 Å². The second-order valence-electron chi connectivity index (χ2n) is 10.9. The van der Waals surface area contributed by atoms with Gasteiger partial charge in [-0.3, -0.25) is 14.5 Å². The number of rotatable bonds is 11. The standard InChI is InChI=1S/C31H35F3N4O5/c1-30(2,3)43-28(40)19-38(17-20-5-9-22(10-6-20)29(35)37-41)18-21-7-12-24(13-8-21)36-27(39)15-23-11-14-25(42-4)16-26(23)31(32,33)34/h5-14,16,41H,15,17-19H2,1-4H3,(H2,35,37)(H,36,39). The third kappa shape index (κ3) is 10.3. The number of carbonyl (C=O) groups is 2. The van der Waals surface area contributed by atoms with E-state index in [0.717, 1.165) is 17.2 Å². The van der Waals surface area contributed by atoms with Crippen LogP contribution in [0.5, 0.6) is 5.75 Å². The maximum atomic E-state index is 13.5. The van der Waals surface area contributed by atoms with Gasteiger partial charge in [-0.15, -0.1) is 0 Å². The number of amides is 1. The van der Waals surface area contributed by atoms with Crippen LogP contribution in [0.2, 0.25) is 0 Å². The summed E-state index contributed by atoms with van der Waals surface area (Å²) in [7, 11) is 1.27. The molecule has 43 heavy (non-hydrogen) atoms. The summed E-state index contributed by atoms with van der Waals surface area (Å²) in [5.41, 5.74) is 6.54. The molecule has 12 heteroatoms. The third-order valence-corrected chi connectivity index (χ3v) is 6.15. The highest BCUT2D eigenvalue weighted by Gasteiger charge is 2.34. The second-order valence-corrected chi connectivity index (χ2v) is 10.9. The number of halogens is 3. The predicted octanol–water partition coefficient (Wildman–Crippen LogP) is 5.33. The molecule has 3 rings (SSSR count). The van der Waals surface area contributed by atoms with Gasteiger partial charge in [0.15, 0.2) is 5.84 Å². The lowest BCUT2D eigenvalue weighted by Gasteiger charge is -2.25. The van der Waals surface area contributed by atoms with Crippen LogP contribution in [-0.2, 0) is 40.0 Å². The zero-order valence-corrected chi connectivity index (χ0v) is 24.4. The molecular formula is C31H35F3N4O5. The summed E-state index contributed by atoms with van der Waals surface area (Å²) in [5.74, 6) is -0.980. The van der Waals surface area contributed by atoms with Crippen LogP contribution < -0.4 is 15.8 Å². The summed E-state index contributed by atoms with van der Waals surface area (Å²) >= 11 is 0. The molecule has 0 unspecified atom stereocenters. The normalized spacial score (nSPS) is 12.2. The first-order valence-corrected chi connectivity index (χ1v) is 13.3. The minimum atomic E-state index is -4.64. The van der Waals surface area contributed by atoms with Crippen LogP contribution in [0.3, 0.4) is 0 Å². The Morgan fingerprint density at radius 3 is 2.05 bits per heavy atom. The molecule has 0 radical (unpaired) electrons. The Morgan fingerprint density at radius 2 is 1.53 bits per heavy atom. The summed E-state index contributed by atoms with van der Waals surface area (Å²) in [5, 5.41) is 14.5. The Kier molecular flexibility index (Phi) is 10.8. The molecule has 230 valence electrons. The first kappa shape index (κ1) is 32.9. The largest absolute Gasteiger partial charge is 0.497 e. The van der Waals surface area contributed by atoms with E-state index < -0.39 is 35.6 Å². The van der Waals surface area contributed by atoms with Crippen LogP contribution in [-0.4, -0.2) is 47.1 Å². The fourth-order valence-corrected chi connectivity index (χ4v) is 4.25. The van der Waals surface area contributed by atoms with Gasteiger partial charge in [0.2, 0.25) is 5.91 Å². The maximum absolute atomic E-state index is 13.5. The van der Waals surface area contributed by atoms with Crippen molar-refractivity contribution in [2.24, 2.45) is 10.9 Å². The van der Waals surface area contributed by atoms with Crippen molar-refractivity contribution >= 4 is 23.4 Å². The highest BCUT2D eigenvalue weighted by Crippen LogP contribution is 2.34. The number of methoxy groups -OCH3 is 1. The van der Waals surface area contributed by atoms with Crippen molar-refractivity contribution in [2.45, 2.75) is 52.1 Å². The molecule has 0 saturated carbocycles. The van der Waals surface area contributed by atoms with Crippen LogP contribution in [0.25, 0.3) is 0 Å². The molecule has 3 aromatic rings. The van der Waals surface area contributed by atoms with E-state index in [1.165, 1.54) is 19.2 Å². The SMILES string of the molecule is COc1ccc(CC(=O)Nc2ccc(CN(CC(=O)OC(C)(C)C)Cc3ccc(/C(N)=N/O)cc3)cc2)c(C(F)(F)F)c1. The van der Waals surface area contributed by atoms with Crippen molar-refractivity contribution in [3.05, 3.63) is 94.5 Å². The van der Waals surface area contributed by atoms with Gasteiger partial charge in [0.25, 0.3) is 0 Å². The Balaban J connectivity index is 1.70. The second kappa shape index (κ2) is 14.1. The Morgan fingerprint density at radius 1 is 0.953 bits per heavy atom. The number of alkyl halides is 3. The topological polar surface area (TPSA) is 126 Å². The first-order valence-electron chi connectivity index (χ1n) is 13.3. The molecule has 0 atom stereocenters. The third-order valence-electron chi connectivity index (χ3n) is 6.15. The summed E-state index contributed by atoms with van der Waals surface area (Å²) in [6.07, 6.45) is -5.11. The van der Waals surface area contributed by atoms with Gasteiger partial charge in [0, 0.05) is 24.3 Å². The molecule has 0 spiro atoms. The highest BCUT2D eigenvalue weighted by molar-refractivity contribution is 5.97. The fourth-order valence-electron chi connectivity index (χ4n) is 4.25. The van der Waals surface area contributed by atoms with Gasteiger partial charge in [-0.1, -0.05) is 47.6 Å². The van der Waals surface area contributed by atoms with Gasteiger partial charge in [-0.25, -0.2) is 0 Å². The van der Waals surface area contributed by atoms with Crippen LogP contribution in [0.1, 0.15) is 48.6 Å². The number of esters is 1. The van der Waals surface area contributed by atoms with Crippen molar-refractivity contribution in [1.82, 2.24) is 4.90 Å². The molecule has 9 nitrogen and oxygen atoms in total. The van der Waals surface area contributed by atoms with E-state index in [1.54, 1.807) is 69.3 Å². The molecular weight excluding hydrogens is 565 g/mol. The number of nitrogens with zero attached hydrogens (tertiary/aromatic N) is 2. The van der Waals surface area contributed by atoms with Crippen LogP contribution >= 0.6 is 0 Å². The molecule has 0 bridgehead atoms. The van der Waals surface area contributed by atoms with Crippen molar-refractivity contribution < 1.29 is 37.4 Å². The molecule has 0 aromatic heterocycles. The Labute approximate surface area is 248 Å². The molecule has 3 aromatic carbocycles. The molecule has 0 aliphatic heterocycles. The number of carbonyl (C=O) groups excluding carboxylic acids is 2. The number of amidine groups is 1. The molecule has 1 amide bonds. The number of hydrogen-bond donors (Lipinski definition) is 3. The van der Waals surface area contributed by atoms with E-state index in [9.17, 15) is 22.8 Å².